The number of amides is 2. The molecule has 27 heavy (non-hydrogen) atoms. The van der Waals surface area contributed by atoms with E-state index in [1.54, 1.807) is 13.0 Å². The highest BCUT2D eigenvalue weighted by molar-refractivity contribution is 5.93. The molecule has 2 amide bonds. The van der Waals surface area contributed by atoms with E-state index in [1.807, 2.05) is 35.2 Å². The fraction of sp³-hybridized carbons (Fsp3) is 0.364. The van der Waals surface area contributed by atoms with Crippen molar-refractivity contribution in [1.82, 2.24) is 4.90 Å². The number of likely N-dealkylation sites (tertiary alicyclic amines) is 1. The molecule has 2 heterocycles. The highest BCUT2D eigenvalue weighted by atomic mass is 16.2. The maximum Gasteiger partial charge on any atom is 0.248 e. The summed E-state index contributed by atoms with van der Waals surface area (Å²) in [6.45, 7) is 5.17. The van der Waals surface area contributed by atoms with Gasteiger partial charge in [-0.3, -0.25) is 14.5 Å². The number of fused-ring (bicyclic) bond motifs is 1. The standard InChI is InChI=1S/C22H25N3O2/c1-16(26)25-15-22(12-19-6-2-3-8-20(19)25)9-10-24(14-22)13-17-5-4-7-18(11-17)21(23)27/h2-8,11H,9-10,12-15H2,1H3,(H2,23,27). The van der Waals surface area contributed by atoms with Crippen molar-refractivity contribution >= 4 is 17.5 Å². The van der Waals surface area contributed by atoms with E-state index in [1.165, 1.54) is 5.56 Å². The van der Waals surface area contributed by atoms with Crippen LogP contribution < -0.4 is 10.6 Å². The molecule has 0 saturated carbocycles. The lowest BCUT2D eigenvalue weighted by molar-refractivity contribution is -0.117. The number of nitrogens with zero attached hydrogens (tertiary/aromatic N) is 2. The van der Waals surface area contributed by atoms with Crippen molar-refractivity contribution in [3.05, 3.63) is 65.2 Å². The molecule has 2 N–H and O–H groups in total. The van der Waals surface area contributed by atoms with E-state index in [2.05, 4.69) is 17.0 Å². The third-order valence-corrected chi connectivity index (χ3v) is 5.86. The summed E-state index contributed by atoms with van der Waals surface area (Å²) < 4.78 is 0. The van der Waals surface area contributed by atoms with Gasteiger partial charge in [-0.2, -0.15) is 0 Å². The predicted molar refractivity (Wildman–Crippen MR) is 105 cm³/mol. The van der Waals surface area contributed by atoms with Gasteiger partial charge in [-0.1, -0.05) is 30.3 Å². The minimum Gasteiger partial charge on any atom is -0.366 e. The number of hydrogen-bond acceptors (Lipinski definition) is 3. The van der Waals surface area contributed by atoms with Gasteiger partial charge in [0.15, 0.2) is 0 Å². The van der Waals surface area contributed by atoms with Gasteiger partial charge in [0.25, 0.3) is 0 Å². The van der Waals surface area contributed by atoms with E-state index in [4.69, 9.17) is 5.73 Å². The van der Waals surface area contributed by atoms with Crippen molar-refractivity contribution in [2.75, 3.05) is 24.5 Å². The van der Waals surface area contributed by atoms with Crippen LogP contribution >= 0.6 is 0 Å². The van der Waals surface area contributed by atoms with Gasteiger partial charge in [-0.05, 0) is 48.7 Å². The van der Waals surface area contributed by atoms with E-state index in [9.17, 15) is 9.59 Å². The van der Waals surface area contributed by atoms with Crippen LogP contribution in [-0.4, -0.2) is 36.3 Å². The molecule has 1 spiro atoms. The Bertz CT molecular complexity index is 895. The van der Waals surface area contributed by atoms with Gasteiger partial charge in [0.1, 0.15) is 0 Å². The zero-order chi connectivity index (χ0) is 19.0. The largest absolute Gasteiger partial charge is 0.366 e. The summed E-state index contributed by atoms with van der Waals surface area (Å²) in [6, 6.07) is 15.8. The number of carbonyl (C=O) groups is 2. The molecule has 1 unspecified atom stereocenters. The van der Waals surface area contributed by atoms with Crippen LogP contribution in [0.25, 0.3) is 0 Å². The highest BCUT2D eigenvalue weighted by Crippen LogP contribution is 2.42. The van der Waals surface area contributed by atoms with E-state index in [0.29, 0.717) is 5.56 Å². The van der Waals surface area contributed by atoms with Crippen LogP contribution in [0.15, 0.2) is 48.5 Å². The molecule has 0 bridgehead atoms. The number of carbonyl (C=O) groups excluding carboxylic acids is 2. The van der Waals surface area contributed by atoms with Gasteiger partial charge in [0.05, 0.1) is 0 Å². The molecule has 1 atom stereocenters. The second-order valence-corrected chi connectivity index (χ2v) is 7.94. The molecule has 5 nitrogen and oxygen atoms in total. The molecule has 2 aromatic rings. The quantitative estimate of drug-likeness (QED) is 0.911. The van der Waals surface area contributed by atoms with Crippen molar-refractivity contribution < 1.29 is 9.59 Å². The lowest BCUT2D eigenvalue weighted by Gasteiger charge is -2.41. The Balaban J connectivity index is 1.53. The number of hydrogen-bond donors (Lipinski definition) is 1. The monoisotopic (exact) mass is 363 g/mol. The molecule has 4 rings (SSSR count). The minimum atomic E-state index is -0.393. The van der Waals surface area contributed by atoms with Crippen molar-refractivity contribution in [3.63, 3.8) is 0 Å². The zero-order valence-corrected chi connectivity index (χ0v) is 15.6. The first kappa shape index (κ1) is 17.7. The molecule has 0 aliphatic carbocycles. The smallest absolute Gasteiger partial charge is 0.248 e. The van der Waals surface area contributed by atoms with Crippen LogP contribution in [0.1, 0.15) is 34.8 Å². The van der Waals surface area contributed by atoms with Crippen LogP contribution in [0.4, 0.5) is 5.69 Å². The second-order valence-electron chi connectivity index (χ2n) is 7.94. The Kier molecular flexibility index (Phi) is 4.48. The van der Waals surface area contributed by atoms with Crippen LogP contribution in [0.5, 0.6) is 0 Å². The molecule has 2 aliphatic heterocycles. The van der Waals surface area contributed by atoms with Crippen molar-refractivity contribution in [2.24, 2.45) is 11.1 Å². The highest BCUT2D eigenvalue weighted by Gasteiger charge is 2.43. The number of anilines is 1. The number of primary amides is 1. The van der Waals surface area contributed by atoms with Gasteiger partial charge in [0, 0.05) is 43.2 Å². The van der Waals surface area contributed by atoms with Crippen LogP contribution in [0.3, 0.4) is 0 Å². The molecular formula is C22H25N3O2. The number of para-hydroxylation sites is 1. The predicted octanol–water partition coefficient (Wildman–Crippen LogP) is 2.59. The SMILES string of the molecule is CC(=O)N1CC2(CCN(Cc3cccc(C(N)=O)c3)C2)Cc2ccccc21. The summed E-state index contributed by atoms with van der Waals surface area (Å²) in [5.74, 6) is -0.287. The summed E-state index contributed by atoms with van der Waals surface area (Å²) in [6.07, 6.45) is 2.07. The van der Waals surface area contributed by atoms with Crippen LogP contribution in [0.2, 0.25) is 0 Å². The van der Waals surface area contributed by atoms with Crippen molar-refractivity contribution in [1.29, 1.82) is 0 Å². The van der Waals surface area contributed by atoms with E-state index in [-0.39, 0.29) is 11.3 Å². The maximum atomic E-state index is 12.2. The van der Waals surface area contributed by atoms with Gasteiger partial charge < -0.3 is 10.6 Å². The Morgan fingerprint density at radius 3 is 2.70 bits per heavy atom. The molecule has 2 aliphatic rings. The molecule has 0 aromatic heterocycles. The Morgan fingerprint density at radius 1 is 1.11 bits per heavy atom. The van der Waals surface area contributed by atoms with Crippen LogP contribution in [-0.2, 0) is 17.8 Å². The Hall–Kier alpha value is -2.66. The third kappa shape index (κ3) is 3.47. The lowest BCUT2D eigenvalue weighted by atomic mass is 9.77. The molecule has 0 radical (unpaired) electrons. The first-order chi connectivity index (χ1) is 13.0. The Morgan fingerprint density at radius 2 is 1.93 bits per heavy atom. The van der Waals surface area contributed by atoms with Crippen LogP contribution in [0, 0.1) is 5.41 Å². The molecule has 1 saturated heterocycles. The van der Waals surface area contributed by atoms with Gasteiger partial charge in [-0.15, -0.1) is 0 Å². The average molecular weight is 363 g/mol. The summed E-state index contributed by atoms with van der Waals surface area (Å²) in [4.78, 5) is 28.0. The zero-order valence-electron chi connectivity index (χ0n) is 15.6. The summed E-state index contributed by atoms with van der Waals surface area (Å²) in [5.41, 5.74) is 9.47. The fourth-order valence-corrected chi connectivity index (χ4v) is 4.60. The molecule has 2 aromatic carbocycles. The van der Waals surface area contributed by atoms with Gasteiger partial charge in [-0.25, -0.2) is 0 Å². The number of rotatable bonds is 3. The first-order valence-electron chi connectivity index (χ1n) is 9.43. The average Bonchev–Trinajstić information content (AvgIpc) is 3.02. The third-order valence-electron chi connectivity index (χ3n) is 5.86. The number of nitrogens with two attached hydrogens (primary N) is 1. The first-order valence-corrected chi connectivity index (χ1v) is 9.43. The summed E-state index contributed by atoms with van der Waals surface area (Å²) >= 11 is 0. The van der Waals surface area contributed by atoms with E-state index in [0.717, 1.165) is 50.3 Å². The number of benzene rings is 2. The molecule has 5 heteroatoms. The molecule has 140 valence electrons. The topological polar surface area (TPSA) is 66.6 Å². The summed E-state index contributed by atoms with van der Waals surface area (Å²) in [5, 5.41) is 0. The second kappa shape index (κ2) is 6.82. The minimum absolute atomic E-state index is 0.0985. The fourth-order valence-electron chi connectivity index (χ4n) is 4.60. The van der Waals surface area contributed by atoms with E-state index >= 15 is 0 Å². The van der Waals surface area contributed by atoms with Gasteiger partial charge >= 0.3 is 0 Å². The Labute approximate surface area is 159 Å². The van der Waals surface area contributed by atoms with Crippen molar-refractivity contribution in [3.8, 4) is 0 Å². The van der Waals surface area contributed by atoms with Crippen molar-refractivity contribution in [2.45, 2.75) is 26.3 Å². The summed E-state index contributed by atoms with van der Waals surface area (Å²) in [7, 11) is 0. The normalized spacial score (nSPS) is 22.0. The maximum absolute atomic E-state index is 12.2. The van der Waals surface area contributed by atoms with Gasteiger partial charge in [0.2, 0.25) is 11.8 Å². The lowest BCUT2D eigenvalue weighted by Crippen LogP contribution is -2.47. The molecule has 1 fully saturated rings. The molecular weight excluding hydrogens is 338 g/mol. The van der Waals surface area contributed by atoms with E-state index < -0.39 is 5.91 Å².